The summed E-state index contributed by atoms with van der Waals surface area (Å²) >= 11 is 11.5. The summed E-state index contributed by atoms with van der Waals surface area (Å²) in [5, 5.41) is 1.15. The fourth-order valence-corrected chi connectivity index (χ4v) is 1.31. The van der Waals surface area contributed by atoms with Crippen molar-refractivity contribution in [2.24, 2.45) is 5.73 Å². The molecule has 0 aromatic heterocycles. The Balaban J connectivity index is 3.21. The van der Waals surface area contributed by atoms with E-state index in [2.05, 4.69) is 0 Å². The summed E-state index contributed by atoms with van der Waals surface area (Å²) in [6.45, 7) is 2.47. The minimum atomic E-state index is 0.503. The molecule has 2 N–H and O–H groups in total. The Labute approximate surface area is 76.1 Å². The second-order valence-electron chi connectivity index (χ2n) is 2.40. The van der Waals surface area contributed by atoms with Crippen LogP contribution < -0.4 is 5.73 Å². The predicted octanol–water partition coefficient (Wildman–Crippen LogP) is 2.76. The van der Waals surface area contributed by atoms with Crippen LogP contribution in [0.1, 0.15) is 11.1 Å². The lowest BCUT2D eigenvalue weighted by molar-refractivity contribution is 1.05. The van der Waals surface area contributed by atoms with E-state index in [4.69, 9.17) is 28.9 Å². The van der Waals surface area contributed by atoms with Gasteiger partial charge in [-0.05, 0) is 30.2 Å². The quantitative estimate of drug-likeness (QED) is 0.723. The molecular formula is C8H9Cl2N. The van der Waals surface area contributed by atoms with Crippen molar-refractivity contribution >= 4 is 23.2 Å². The van der Waals surface area contributed by atoms with Gasteiger partial charge >= 0.3 is 0 Å². The van der Waals surface area contributed by atoms with Crippen molar-refractivity contribution in [1.82, 2.24) is 0 Å². The Morgan fingerprint density at radius 1 is 1.27 bits per heavy atom. The average Bonchev–Trinajstić information content (AvgIpc) is 1.97. The van der Waals surface area contributed by atoms with E-state index in [-0.39, 0.29) is 0 Å². The molecule has 0 aliphatic carbocycles. The van der Waals surface area contributed by atoms with E-state index in [1.807, 2.05) is 13.0 Å². The van der Waals surface area contributed by atoms with Gasteiger partial charge in [0, 0.05) is 6.54 Å². The number of hydrogen-bond acceptors (Lipinski definition) is 1. The van der Waals surface area contributed by atoms with E-state index < -0.39 is 0 Å². The van der Waals surface area contributed by atoms with E-state index in [0.29, 0.717) is 16.6 Å². The van der Waals surface area contributed by atoms with Crippen LogP contribution in [0.25, 0.3) is 0 Å². The third kappa shape index (κ3) is 1.86. The molecule has 0 unspecified atom stereocenters. The topological polar surface area (TPSA) is 26.0 Å². The monoisotopic (exact) mass is 189 g/mol. The van der Waals surface area contributed by atoms with Gasteiger partial charge in [0.15, 0.2) is 0 Å². The van der Waals surface area contributed by atoms with Crippen molar-refractivity contribution in [3.05, 3.63) is 33.3 Å². The number of halogens is 2. The number of aryl methyl sites for hydroxylation is 1. The lowest BCUT2D eigenvalue weighted by atomic mass is 10.1. The van der Waals surface area contributed by atoms with E-state index in [9.17, 15) is 0 Å². The summed E-state index contributed by atoms with van der Waals surface area (Å²) in [5.74, 6) is 0. The fraction of sp³-hybridized carbons (Fsp3) is 0.250. The molecule has 1 aromatic carbocycles. The highest BCUT2D eigenvalue weighted by Crippen LogP contribution is 2.25. The lowest BCUT2D eigenvalue weighted by Gasteiger charge is -2.04. The van der Waals surface area contributed by atoms with Crippen LogP contribution in [0.5, 0.6) is 0 Å². The molecule has 1 rings (SSSR count). The Morgan fingerprint density at radius 3 is 2.36 bits per heavy atom. The van der Waals surface area contributed by atoms with Crippen molar-refractivity contribution in [2.45, 2.75) is 13.5 Å². The van der Waals surface area contributed by atoms with Crippen LogP contribution in [0.2, 0.25) is 10.0 Å². The summed E-state index contributed by atoms with van der Waals surface area (Å²) in [5.41, 5.74) is 7.59. The summed E-state index contributed by atoms with van der Waals surface area (Å²) in [7, 11) is 0. The molecule has 11 heavy (non-hydrogen) atoms. The van der Waals surface area contributed by atoms with Crippen LogP contribution >= 0.6 is 23.2 Å². The second-order valence-corrected chi connectivity index (χ2v) is 3.21. The van der Waals surface area contributed by atoms with E-state index in [1.165, 1.54) is 0 Å². The third-order valence-electron chi connectivity index (χ3n) is 1.60. The highest BCUT2D eigenvalue weighted by molar-refractivity contribution is 6.42. The van der Waals surface area contributed by atoms with Gasteiger partial charge in [-0.2, -0.15) is 0 Å². The van der Waals surface area contributed by atoms with Crippen molar-refractivity contribution in [3.8, 4) is 0 Å². The molecule has 0 aliphatic rings. The van der Waals surface area contributed by atoms with Gasteiger partial charge in [0.2, 0.25) is 0 Å². The fourth-order valence-electron chi connectivity index (χ4n) is 0.907. The first-order valence-electron chi connectivity index (χ1n) is 3.29. The standard InChI is InChI=1S/C8H9Cl2N/c1-5-2-7(9)8(10)3-6(5)4-11/h2-3H,4,11H2,1H3. The van der Waals surface area contributed by atoms with Crippen LogP contribution in [-0.4, -0.2) is 0 Å². The molecule has 0 amide bonds. The Morgan fingerprint density at radius 2 is 1.82 bits per heavy atom. The summed E-state index contributed by atoms with van der Waals surface area (Å²) in [6.07, 6.45) is 0. The molecule has 0 aliphatic heterocycles. The molecule has 0 spiro atoms. The molecule has 60 valence electrons. The molecule has 0 heterocycles. The molecule has 0 saturated carbocycles. The molecule has 1 nitrogen and oxygen atoms in total. The summed E-state index contributed by atoms with van der Waals surface area (Å²) in [6, 6.07) is 3.63. The molecular weight excluding hydrogens is 181 g/mol. The lowest BCUT2D eigenvalue weighted by Crippen LogP contribution is -1.98. The SMILES string of the molecule is Cc1cc(Cl)c(Cl)cc1CN. The maximum atomic E-state index is 5.78. The van der Waals surface area contributed by atoms with Crippen LogP contribution in [0, 0.1) is 6.92 Å². The Hall–Kier alpha value is -0.240. The number of nitrogens with two attached hydrogens (primary N) is 1. The number of hydrogen-bond donors (Lipinski definition) is 1. The van der Waals surface area contributed by atoms with Crippen molar-refractivity contribution in [2.75, 3.05) is 0 Å². The van der Waals surface area contributed by atoms with Gasteiger partial charge in [-0.15, -0.1) is 0 Å². The van der Waals surface area contributed by atoms with Crippen LogP contribution in [0.4, 0.5) is 0 Å². The van der Waals surface area contributed by atoms with E-state index in [1.54, 1.807) is 6.07 Å². The van der Waals surface area contributed by atoms with Gasteiger partial charge in [0.25, 0.3) is 0 Å². The first kappa shape index (κ1) is 8.85. The van der Waals surface area contributed by atoms with Crippen LogP contribution in [0.15, 0.2) is 12.1 Å². The van der Waals surface area contributed by atoms with Gasteiger partial charge in [-0.1, -0.05) is 23.2 Å². The molecule has 0 bridgehead atoms. The highest BCUT2D eigenvalue weighted by atomic mass is 35.5. The van der Waals surface area contributed by atoms with Gasteiger partial charge in [-0.25, -0.2) is 0 Å². The molecule has 0 fully saturated rings. The maximum absolute atomic E-state index is 5.78. The summed E-state index contributed by atoms with van der Waals surface area (Å²) < 4.78 is 0. The Bertz CT molecular complexity index is 271. The van der Waals surface area contributed by atoms with Crippen LogP contribution in [-0.2, 0) is 6.54 Å². The Kier molecular flexibility index (Phi) is 2.77. The zero-order valence-electron chi connectivity index (χ0n) is 6.20. The molecule has 0 radical (unpaired) electrons. The molecule has 1 aromatic rings. The van der Waals surface area contributed by atoms with Gasteiger partial charge in [0.05, 0.1) is 10.0 Å². The van der Waals surface area contributed by atoms with Crippen molar-refractivity contribution < 1.29 is 0 Å². The first-order chi connectivity index (χ1) is 5.15. The zero-order valence-corrected chi connectivity index (χ0v) is 7.71. The highest BCUT2D eigenvalue weighted by Gasteiger charge is 2.01. The third-order valence-corrected chi connectivity index (χ3v) is 2.32. The second kappa shape index (κ2) is 3.44. The van der Waals surface area contributed by atoms with E-state index >= 15 is 0 Å². The normalized spacial score (nSPS) is 10.2. The van der Waals surface area contributed by atoms with Gasteiger partial charge in [-0.3, -0.25) is 0 Å². The molecule has 0 atom stereocenters. The van der Waals surface area contributed by atoms with E-state index in [0.717, 1.165) is 11.1 Å². The van der Waals surface area contributed by atoms with Crippen LogP contribution in [0.3, 0.4) is 0 Å². The van der Waals surface area contributed by atoms with Gasteiger partial charge in [0.1, 0.15) is 0 Å². The summed E-state index contributed by atoms with van der Waals surface area (Å²) in [4.78, 5) is 0. The van der Waals surface area contributed by atoms with Gasteiger partial charge < -0.3 is 5.73 Å². The average molecular weight is 190 g/mol. The largest absolute Gasteiger partial charge is 0.326 e. The zero-order chi connectivity index (χ0) is 8.43. The smallest absolute Gasteiger partial charge is 0.0595 e. The van der Waals surface area contributed by atoms with Crippen molar-refractivity contribution in [1.29, 1.82) is 0 Å². The van der Waals surface area contributed by atoms with Crippen molar-refractivity contribution in [3.63, 3.8) is 0 Å². The number of benzene rings is 1. The predicted molar refractivity (Wildman–Crippen MR) is 49.1 cm³/mol. The number of rotatable bonds is 1. The minimum Gasteiger partial charge on any atom is -0.326 e. The molecule has 3 heteroatoms. The molecule has 0 saturated heterocycles. The maximum Gasteiger partial charge on any atom is 0.0595 e. The minimum absolute atomic E-state index is 0.503. The first-order valence-corrected chi connectivity index (χ1v) is 4.05.